The van der Waals surface area contributed by atoms with Gasteiger partial charge in [-0.3, -0.25) is 9.59 Å². The summed E-state index contributed by atoms with van der Waals surface area (Å²) < 4.78 is 15.8. The lowest BCUT2D eigenvalue weighted by atomic mass is 10.0. The number of halogens is 1. The van der Waals surface area contributed by atoms with E-state index in [2.05, 4.69) is 5.32 Å². The minimum absolute atomic E-state index is 0.106. The summed E-state index contributed by atoms with van der Waals surface area (Å²) >= 11 is 5.84. The highest BCUT2D eigenvalue weighted by molar-refractivity contribution is 6.31. The molecule has 0 radical (unpaired) electrons. The number of carboxylic acid groups (broad SMARTS) is 1. The standard InChI is InChI=1S/C24H20ClNO7/c1-31-19-10-15(11-20(32-2)22(19)33-3)21(27)13-4-6-14(7-5-13)23(28)26-18-9-8-16(25)12-17(18)24(29)30/h4-12H,1-3H3,(H,26,28)(H,29,30). The van der Waals surface area contributed by atoms with Crippen LogP contribution < -0.4 is 19.5 Å². The van der Waals surface area contributed by atoms with Crippen LogP contribution in [0, 0.1) is 0 Å². The van der Waals surface area contributed by atoms with Gasteiger partial charge in [-0.1, -0.05) is 23.7 Å². The molecule has 0 aliphatic rings. The highest BCUT2D eigenvalue weighted by Gasteiger charge is 2.19. The van der Waals surface area contributed by atoms with Gasteiger partial charge in [0, 0.05) is 21.7 Å². The molecule has 9 heteroatoms. The Kier molecular flexibility index (Phi) is 7.20. The van der Waals surface area contributed by atoms with E-state index < -0.39 is 11.9 Å². The van der Waals surface area contributed by atoms with Crippen LogP contribution in [0.25, 0.3) is 0 Å². The Labute approximate surface area is 194 Å². The average Bonchev–Trinajstić information content (AvgIpc) is 2.83. The van der Waals surface area contributed by atoms with Crippen LogP contribution in [0.5, 0.6) is 17.2 Å². The second-order valence-electron chi connectivity index (χ2n) is 6.77. The van der Waals surface area contributed by atoms with E-state index in [9.17, 15) is 19.5 Å². The van der Waals surface area contributed by atoms with E-state index in [4.69, 9.17) is 25.8 Å². The molecule has 0 unspecified atom stereocenters. The quantitative estimate of drug-likeness (QED) is 0.465. The zero-order valence-corrected chi connectivity index (χ0v) is 18.7. The fourth-order valence-corrected chi connectivity index (χ4v) is 3.32. The van der Waals surface area contributed by atoms with Gasteiger partial charge in [0.1, 0.15) is 0 Å². The van der Waals surface area contributed by atoms with Crippen molar-refractivity contribution in [3.05, 3.63) is 81.9 Å². The predicted molar refractivity (Wildman–Crippen MR) is 122 cm³/mol. The van der Waals surface area contributed by atoms with Gasteiger partial charge in [-0.15, -0.1) is 0 Å². The SMILES string of the molecule is COc1cc(C(=O)c2ccc(C(=O)Nc3ccc(Cl)cc3C(=O)O)cc2)cc(OC)c1OC. The number of methoxy groups -OCH3 is 3. The number of carbonyl (C=O) groups is 3. The van der Waals surface area contributed by atoms with Crippen molar-refractivity contribution in [2.24, 2.45) is 0 Å². The van der Waals surface area contributed by atoms with Gasteiger partial charge in [-0.05, 0) is 42.5 Å². The van der Waals surface area contributed by atoms with E-state index in [1.54, 1.807) is 0 Å². The number of ketones is 1. The Bertz CT molecular complexity index is 1200. The van der Waals surface area contributed by atoms with Crippen LogP contribution in [-0.2, 0) is 0 Å². The number of ether oxygens (including phenoxy) is 3. The van der Waals surface area contributed by atoms with Crippen molar-refractivity contribution in [3.8, 4) is 17.2 Å². The molecule has 2 N–H and O–H groups in total. The number of rotatable bonds is 8. The van der Waals surface area contributed by atoms with E-state index in [0.717, 1.165) is 0 Å². The zero-order valence-electron chi connectivity index (χ0n) is 18.0. The van der Waals surface area contributed by atoms with Crippen LogP contribution >= 0.6 is 11.6 Å². The second-order valence-corrected chi connectivity index (χ2v) is 7.21. The number of carboxylic acids is 1. The van der Waals surface area contributed by atoms with Gasteiger partial charge in [0.15, 0.2) is 17.3 Å². The van der Waals surface area contributed by atoms with Gasteiger partial charge in [0.25, 0.3) is 5.91 Å². The molecule has 8 nitrogen and oxygen atoms in total. The fraction of sp³-hybridized carbons (Fsp3) is 0.125. The summed E-state index contributed by atoms with van der Waals surface area (Å²) in [6.45, 7) is 0. The molecule has 0 spiro atoms. The van der Waals surface area contributed by atoms with E-state index in [1.807, 2.05) is 0 Å². The Balaban J connectivity index is 1.84. The molecule has 3 rings (SSSR count). The number of nitrogens with one attached hydrogen (secondary N) is 1. The molecule has 0 bridgehead atoms. The summed E-state index contributed by atoms with van der Waals surface area (Å²) in [4.78, 5) is 37.0. The van der Waals surface area contributed by atoms with Gasteiger partial charge >= 0.3 is 5.97 Å². The number of anilines is 1. The minimum atomic E-state index is -1.22. The molecule has 0 aromatic heterocycles. The summed E-state index contributed by atoms with van der Waals surface area (Å²) in [5.41, 5.74) is 0.856. The Hall–Kier alpha value is -4.04. The molecule has 0 aliphatic heterocycles. The van der Waals surface area contributed by atoms with Crippen molar-refractivity contribution >= 4 is 34.9 Å². The molecule has 0 heterocycles. The maximum atomic E-state index is 13.0. The molecular weight excluding hydrogens is 450 g/mol. The zero-order chi connectivity index (χ0) is 24.1. The van der Waals surface area contributed by atoms with Gasteiger partial charge in [-0.2, -0.15) is 0 Å². The smallest absolute Gasteiger partial charge is 0.337 e. The Morgan fingerprint density at radius 3 is 1.88 bits per heavy atom. The van der Waals surface area contributed by atoms with Crippen molar-refractivity contribution in [1.29, 1.82) is 0 Å². The van der Waals surface area contributed by atoms with Gasteiger partial charge in [0.2, 0.25) is 5.75 Å². The van der Waals surface area contributed by atoms with Crippen molar-refractivity contribution in [1.82, 2.24) is 0 Å². The molecule has 3 aromatic carbocycles. The topological polar surface area (TPSA) is 111 Å². The lowest BCUT2D eigenvalue weighted by Crippen LogP contribution is -2.15. The van der Waals surface area contributed by atoms with Crippen LogP contribution in [0.15, 0.2) is 54.6 Å². The van der Waals surface area contributed by atoms with Crippen LogP contribution in [0.4, 0.5) is 5.69 Å². The highest BCUT2D eigenvalue weighted by atomic mass is 35.5. The van der Waals surface area contributed by atoms with Crippen LogP contribution in [0.2, 0.25) is 5.02 Å². The number of carbonyl (C=O) groups excluding carboxylic acids is 2. The van der Waals surface area contributed by atoms with Crippen molar-refractivity contribution in [2.45, 2.75) is 0 Å². The van der Waals surface area contributed by atoms with Crippen LogP contribution in [0.1, 0.15) is 36.6 Å². The molecule has 0 aliphatic carbocycles. The third-order valence-corrected chi connectivity index (χ3v) is 5.03. The summed E-state index contributed by atoms with van der Waals surface area (Å²) in [5, 5.41) is 12.1. The van der Waals surface area contributed by atoms with Crippen LogP contribution in [-0.4, -0.2) is 44.1 Å². The highest BCUT2D eigenvalue weighted by Crippen LogP contribution is 2.38. The summed E-state index contributed by atoms with van der Waals surface area (Å²) in [6, 6.07) is 13.2. The van der Waals surface area contributed by atoms with Crippen molar-refractivity contribution in [2.75, 3.05) is 26.6 Å². The predicted octanol–water partition coefficient (Wildman–Crippen LogP) is 4.55. The lowest BCUT2D eigenvalue weighted by molar-refractivity contribution is 0.0697. The molecule has 33 heavy (non-hydrogen) atoms. The van der Waals surface area contributed by atoms with E-state index in [1.165, 1.54) is 75.9 Å². The molecule has 0 fully saturated rings. The third kappa shape index (κ3) is 5.07. The van der Waals surface area contributed by atoms with Crippen molar-refractivity contribution < 1.29 is 33.7 Å². The fourth-order valence-electron chi connectivity index (χ4n) is 3.15. The molecule has 0 saturated heterocycles. The van der Waals surface area contributed by atoms with Gasteiger partial charge < -0.3 is 24.6 Å². The number of hydrogen-bond donors (Lipinski definition) is 2. The maximum absolute atomic E-state index is 13.0. The maximum Gasteiger partial charge on any atom is 0.337 e. The molecular formula is C24H20ClNO7. The first-order chi connectivity index (χ1) is 15.8. The summed E-state index contributed by atoms with van der Waals surface area (Å²) in [5.74, 6) is -1.02. The lowest BCUT2D eigenvalue weighted by Gasteiger charge is -2.14. The normalized spacial score (nSPS) is 10.3. The third-order valence-electron chi connectivity index (χ3n) is 4.80. The van der Waals surface area contributed by atoms with Gasteiger partial charge in [-0.25, -0.2) is 4.79 Å². The monoisotopic (exact) mass is 469 g/mol. The first-order valence-electron chi connectivity index (χ1n) is 9.58. The second kappa shape index (κ2) is 10.1. The average molecular weight is 470 g/mol. The molecule has 1 amide bonds. The summed E-state index contributed by atoms with van der Waals surface area (Å²) in [7, 11) is 4.37. The first kappa shape index (κ1) is 23.6. The van der Waals surface area contributed by atoms with Gasteiger partial charge in [0.05, 0.1) is 32.6 Å². The molecule has 3 aromatic rings. The first-order valence-corrected chi connectivity index (χ1v) is 9.95. The van der Waals surface area contributed by atoms with E-state index in [-0.39, 0.29) is 27.6 Å². The van der Waals surface area contributed by atoms with Crippen molar-refractivity contribution in [3.63, 3.8) is 0 Å². The molecule has 0 atom stereocenters. The van der Waals surface area contributed by atoms with Crippen LogP contribution in [0.3, 0.4) is 0 Å². The van der Waals surface area contributed by atoms with E-state index >= 15 is 0 Å². The van der Waals surface area contributed by atoms with E-state index in [0.29, 0.717) is 28.4 Å². The largest absolute Gasteiger partial charge is 0.493 e. The molecule has 170 valence electrons. The number of aromatic carboxylic acids is 1. The number of amides is 1. The Morgan fingerprint density at radius 2 is 1.36 bits per heavy atom. The minimum Gasteiger partial charge on any atom is -0.493 e. The Morgan fingerprint density at radius 1 is 0.788 bits per heavy atom. The summed E-state index contributed by atoms with van der Waals surface area (Å²) in [6.07, 6.45) is 0. The number of hydrogen-bond acceptors (Lipinski definition) is 6. The number of benzene rings is 3. The molecule has 0 saturated carbocycles.